The molecular formula is CH10N2O2Si3. The molecule has 0 aromatic carbocycles. The first kappa shape index (κ1) is 6.61. The van der Waals surface area contributed by atoms with E-state index < -0.39 is 19.8 Å². The molecule has 1 aliphatic heterocycles. The minimum atomic E-state index is -0.402. The minimum absolute atomic E-state index is 0.363. The van der Waals surface area contributed by atoms with Crippen molar-refractivity contribution in [2.24, 2.45) is 0 Å². The Morgan fingerprint density at radius 1 is 1.25 bits per heavy atom. The third-order valence-electron chi connectivity index (χ3n) is 0.816. The summed E-state index contributed by atoms with van der Waals surface area (Å²) in [4.78, 5) is 3.11. The highest BCUT2D eigenvalue weighted by Gasteiger charge is 1.94. The van der Waals surface area contributed by atoms with E-state index >= 15 is 0 Å². The van der Waals surface area contributed by atoms with Crippen molar-refractivity contribution in [1.82, 2.24) is 9.63 Å². The Hall–Kier alpha value is 0.491. The third kappa shape index (κ3) is 2.71. The Kier molecular flexibility index (Phi) is 3.62. The number of hydrogen-bond acceptors (Lipinski definition) is 4. The predicted molar refractivity (Wildman–Crippen MR) is 38.9 cm³/mol. The SMILES string of the molecule is C1N[SiH2]O[SiH2]N[SiH2]O1. The second-order valence-corrected chi connectivity index (χ2v) is 6.89. The van der Waals surface area contributed by atoms with Crippen LogP contribution in [0, 0.1) is 0 Å². The van der Waals surface area contributed by atoms with E-state index in [0.717, 1.165) is 0 Å². The maximum absolute atomic E-state index is 5.28. The average Bonchev–Trinajstić information content (AvgIpc) is 1.62. The molecule has 48 valence electrons. The van der Waals surface area contributed by atoms with Gasteiger partial charge in [-0.3, -0.25) is 0 Å². The zero-order chi connectivity index (χ0) is 5.66. The molecule has 0 aliphatic carbocycles. The van der Waals surface area contributed by atoms with E-state index in [4.69, 9.17) is 8.54 Å². The van der Waals surface area contributed by atoms with E-state index in [1.807, 2.05) is 0 Å². The molecule has 1 saturated heterocycles. The molecule has 1 fully saturated rings. The van der Waals surface area contributed by atoms with Crippen molar-refractivity contribution in [3.63, 3.8) is 0 Å². The smallest absolute Gasteiger partial charge is 0.232 e. The van der Waals surface area contributed by atoms with Crippen LogP contribution < -0.4 is 9.63 Å². The first-order chi connectivity index (χ1) is 4.00. The molecule has 0 aromatic rings. The van der Waals surface area contributed by atoms with Crippen molar-refractivity contribution in [2.45, 2.75) is 0 Å². The van der Waals surface area contributed by atoms with Crippen LogP contribution in [-0.2, 0) is 8.54 Å². The van der Waals surface area contributed by atoms with Gasteiger partial charge in [-0.25, -0.2) is 0 Å². The lowest BCUT2D eigenvalue weighted by Crippen LogP contribution is -2.39. The third-order valence-corrected chi connectivity index (χ3v) is 4.90. The first-order valence-corrected chi connectivity index (χ1v) is 6.42. The van der Waals surface area contributed by atoms with Gasteiger partial charge in [-0.2, -0.15) is 0 Å². The summed E-state index contributed by atoms with van der Waals surface area (Å²) in [5.74, 6) is 0. The Morgan fingerprint density at radius 2 is 2.25 bits per heavy atom. The summed E-state index contributed by atoms with van der Waals surface area (Å²) in [6.45, 7) is 0.708. The van der Waals surface area contributed by atoms with E-state index in [1.54, 1.807) is 0 Å². The van der Waals surface area contributed by atoms with Gasteiger partial charge in [-0.1, -0.05) is 0 Å². The maximum atomic E-state index is 5.28. The lowest BCUT2D eigenvalue weighted by Gasteiger charge is -2.11. The summed E-state index contributed by atoms with van der Waals surface area (Å²) in [6, 6.07) is 0. The zero-order valence-corrected chi connectivity index (χ0v) is 8.89. The van der Waals surface area contributed by atoms with E-state index in [0.29, 0.717) is 6.73 Å². The van der Waals surface area contributed by atoms with Crippen LogP contribution in [0.25, 0.3) is 0 Å². The molecule has 0 saturated carbocycles. The van der Waals surface area contributed by atoms with Gasteiger partial charge < -0.3 is 18.2 Å². The summed E-state index contributed by atoms with van der Waals surface area (Å²) < 4.78 is 13.7. The average molecular weight is 166 g/mol. The largest absolute Gasteiger partial charge is 0.442 e. The lowest BCUT2D eigenvalue weighted by molar-refractivity contribution is 0.316. The van der Waals surface area contributed by atoms with Gasteiger partial charge in [0, 0.05) is 0 Å². The highest BCUT2D eigenvalue weighted by Crippen LogP contribution is 1.67. The van der Waals surface area contributed by atoms with E-state index in [2.05, 4.69) is 9.63 Å². The van der Waals surface area contributed by atoms with Gasteiger partial charge in [0.05, 0.1) is 6.73 Å². The van der Waals surface area contributed by atoms with Gasteiger partial charge in [0.1, 0.15) is 0 Å². The molecule has 1 heterocycles. The molecule has 0 radical (unpaired) electrons. The van der Waals surface area contributed by atoms with Crippen molar-refractivity contribution >= 4 is 29.8 Å². The van der Waals surface area contributed by atoms with Gasteiger partial charge >= 0.3 is 0 Å². The van der Waals surface area contributed by atoms with Crippen LogP contribution in [0.2, 0.25) is 0 Å². The highest BCUT2D eigenvalue weighted by molar-refractivity contribution is 6.48. The van der Waals surface area contributed by atoms with Gasteiger partial charge in [0.2, 0.25) is 29.8 Å². The van der Waals surface area contributed by atoms with Gasteiger partial charge in [0.25, 0.3) is 0 Å². The fourth-order valence-corrected chi connectivity index (χ4v) is 5.01. The van der Waals surface area contributed by atoms with Crippen molar-refractivity contribution in [1.29, 1.82) is 0 Å². The fourth-order valence-electron chi connectivity index (χ4n) is 0.474. The van der Waals surface area contributed by atoms with Crippen LogP contribution >= 0.6 is 0 Å². The summed E-state index contributed by atoms with van der Waals surface area (Å²) in [6.07, 6.45) is 0. The molecule has 0 aromatic heterocycles. The summed E-state index contributed by atoms with van der Waals surface area (Å²) in [5.41, 5.74) is 0. The second kappa shape index (κ2) is 4.38. The van der Waals surface area contributed by atoms with Crippen LogP contribution in [0.5, 0.6) is 0 Å². The normalized spacial score (nSPS) is 33.0. The van der Waals surface area contributed by atoms with E-state index in [-0.39, 0.29) is 9.92 Å². The fraction of sp³-hybridized carbons (Fsp3) is 1.00. The molecule has 1 rings (SSSR count). The first-order valence-electron chi connectivity index (χ1n) is 2.57. The van der Waals surface area contributed by atoms with E-state index in [9.17, 15) is 0 Å². The second-order valence-electron chi connectivity index (χ2n) is 1.49. The monoisotopic (exact) mass is 166 g/mol. The molecule has 7 heteroatoms. The van der Waals surface area contributed by atoms with Crippen LogP contribution in [0.15, 0.2) is 0 Å². The topological polar surface area (TPSA) is 42.5 Å². The van der Waals surface area contributed by atoms with Crippen LogP contribution in [0.1, 0.15) is 0 Å². The Labute approximate surface area is 55.4 Å². The van der Waals surface area contributed by atoms with Crippen LogP contribution in [0.3, 0.4) is 0 Å². The summed E-state index contributed by atoms with van der Waals surface area (Å²) >= 11 is 0. The van der Waals surface area contributed by atoms with Crippen molar-refractivity contribution in [3.05, 3.63) is 0 Å². The molecule has 1 aliphatic rings. The molecule has 0 spiro atoms. The van der Waals surface area contributed by atoms with Crippen LogP contribution in [0.4, 0.5) is 0 Å². The lowest BCUT2D eigenvalue weighted by atomic mass is 11.4. The van der Waals surface area contributed by atoms with Crippen molar-refractivity contribution in [2.75, 3.05) is 6.73 Å². The molecule has 0 unspecified atom stereocenters. The van der Waals surface area contributed by atoms with E-state index in [1.165, 1.54) is 0 Å². The van der Waals surface area contributed by atoms with Crippen molar-refractivity contribution in [3.8, 4) is 0 Å². The Bertz CT molecular complexity index is 39.2. The molecule has 0 atom stereocenters. The number of hydrogen-bond donors (Lipinski definition) is 2. The van der Waals surface area contributed by atoms with Crippen molar-refractivity contribution < 1.29 is 8.54 Å². The standard InChI is InChI=1S/CH10N2O2Si3/c1-2-6-5-8-3-7-4-1/h2-3H,1,6-8H2. The molecule has 4 nitrogen and oxygen atoms in total. The summed E-state index contributed by atoms with van der Waals surface area (Å²) in [7, 11) is -1.17. The highest BCUT2D eigenvalue weighted by atomic mass is 28.3. The number of rotatable bonds is 0. The van der Waals surface area contributed by atoms with Gasteiger partial charge in [-0.05, 0) is 0 Å². The van der Waals surface area contributed by atoms with Gasteiger partial charge in [0.15, 0.2) is 0 Å². The van der Waals surface area contributed by atoms with Crippen LogP contribution in [-0.4, -0.2) is 36.5 Å². The Balaban J connectivity index is 2.00. The summed E-state index contributed by atoms with van der Waals surface area (Å²) in [5, 5.41) is 0. The molecule has 2 N–H and O–H groups in total. The molecule has 8 heavy (non-hydrogen) atoms. The van der Waals surface area contributed by atoms with Gasteiger partial charge in [-0.15, -0.1) is 0 Å². The quantitative estimate of drug-likeness (QED) is 0.362. The number of nitrogens with one attached hydrogen (secondary N) is 2. The predicted octanol–water partition coefficient (Wildman–Crippen LogP) is -3.83. The molecule has 0 amide bonds. The molecular weight excluding hydrogens is 156 g/mol. The minimum Gasteiger partial charge on any atom is -0.442 e. The zero-order valence-electron chi connectivity index (χ0n) is 4.64. The molecule has 0 bridgehead atoms. The maximum Gasteiger partial charge on any atom is 0.232 e. The Morgan fingerprint density at radius 3 is 3.25 bits per heavy atom.